The summed E-state index contributed by atoms with van der Waals surface area (Å²) >= 11 is 6.93. The normalized spacial score (nSPS) is 10.6. The van der Waals surface area contributed by atoms with Gasteiger partial charge in [0.1, 0.15) is 11.6 Å². The Bertz CT molecular complexity index is 919. The van der Waals surface area contributed by atoms with Crippen LogP contribution in [0.3, 0.4) is 0 Å². The first-order chi connectivity index (χ1) is 12.6. The Kier molecular flexibility index (Phi) is 5.69. The van der Waals surface area contributed by atoms with Gasteiger partial charge >= 0.3 is 0 Å². The molecule has 1 aromatic heterocycles. The van der Waals surface area contributed by atoms with Crippen LogP contribution in [-0.4, -0.2) is 39.0 Å². The molecule has 0 radical (unpaired) electrons. The molecule has 1 N–H and O–H groups in total. The lowest BCUT2D eigenvalue weighted by Gasteiger charge is -2.07. The summed E-state index contributed by atoms with van der Waals surface area (Å²) in [6.45, 7) is 0. The van der Waals surface area contributed by atoms with E-state index in [0.717, 1.165) is 17.4 Å². The van der Waals surface area contributed by atoms with E-state index in [0.29, 0.717) is 15.9 Å². The molecule has 0 saturated carbocycles. The number of rotatable bonds is 6. The molecule has 1 heterocycles. The molecule has 0 fully saturated rings. The van der Waals surface area contributed by atoms with Gasteiger partial charge in [0.25, 0.3) is 0 Å². The summed E-state index contributed by atoms with van der Waals surface area (Å²) in [6, 6.07) is 11.1. The van der Waals surface area contributed by atoms with E-state index < -0.39 is 11.7 Å². The zero-order chi connectivity index (χ0) is 18.5. The van der Waals surface area contributed by atoms with Crippen molar-refractivity contribution in [2.45, 2.75) is 5.16 Å². The van der Waals surface area contributed by atoms with Gasteiger partial charge in [0.05, 0.1) is 24.2 Å². The first-order valence-electron chi connectivity index (χ1n) is 7.37. The van der Waals surface area contributed by atoms with Crippen molar-refractivity contribution in [2.75, 3.05) is 18.2 Å². The minimum Gasteiger partial charge on any atom is -0.497 e. The van der Waals surface area contributed by atoms with Crippen LogP contribution >= 0.6 is 23.4 Å². The maximum atomic E-state index is 13.7. The van der Waals surface area contributed by atoms with Crippen LogP contribution < -0.4 is 10.1 Å². The first kappa shape index (κ1) is 18.2. The first-order valence-corrected chi connectivity index (χ1v) is 8.73. The third kappa shape index (κ3) is 4.30. The molecule has 26 heavy (non-hydrogen) atoms. The van der Waals surface area contributed by atoms with Gasteiger partial charge < -0.3 is 10.1 Å². The predicted molar refractivity (Wildman–Crippen MR) is 96.5 cm³/mol. The summed E-state index contributed by atoms with van der Waals surface area (Å²) in [4.78, 5) is 12.1. The highest BCUT2D eigenvalue weighted by Gasteiger charge is 2.13. The molecule has 1 amide bonds. The monoisotopic (exact) mass is 393 g/mol. The molecule has 2 aromatic carbocycles. The van der Waals surface area contributed by atoms with Gasteiger partial charge in [0.2, 0.25) is 11.1 Å². The van der Waals surface area contributed by atoms with Crippen molar-refractivity contribution in [1.82, 2.24) is 20.2 Å². The topological polar surface area (TPSA) is 81.9 Å². The highest BCUT2D eigenvalue weighted by Crippen LogP contribution is 2.22. The van der Waals surface area contributed by atoms with Gasteiger partial charge in [-0.05, 0) is 52.9 Å². The molecule has 0 aliphatic heterocycles. The number of nitrogens with one attached hydrogen (secondary N) is 1. The van der Waals surface area contributed by atoms with Crippen LogP contribution in [0.4, 0.5) is 10.1 Å². The van der Waals surface area contributed by atoms with Gasteiger partial charge in [-0.3, -0.25) is 4.79 Å². The zero-order valence-corrected chi connectivity index (χ0v) is 15.1. The molecule has 0 aliphatic carbocycles. The third-order valence-electron chi connectivity index (χ3n) is 3.29. The van der Waals surface area contributed by atoms with Crippen molar-refractivity contribution in [3.63, 3.8) is 0 Å². The maximum Gasteiger partial charge on any atom is 0.234 e. The van der Waals surface area contributed by atoms with Crippen molar-refractivity contribution in [2.24, 2.45) is 0 Å². The molecule has 0 unspecified atom stereocenters. The number of carbonyl (C=O) groups excluding carboxylic acids is 1. The van der Waals surface area contributed by atoms with E-state index in [1.165, 1.54) is 22.9 Å². The number of benzene rings is 2. The van der Waals surface area contributed by atoms with E-state index in [9.17, 15) is 9.18 Å². The molecule has 0 spiro atoms. The van der Waals surface area contributed by atoms with Crippen LogP contribution in [-0.2, 0) is 4.79 Å². The maximum absolute atomic E-state index is 13.7. The number of aromatic nitrogens is 4. The van der Waals surface area contributed by atoms with Crippen molar-refractivity contribution >= 4 is 35.0 Å². The van der Waals surface area contributed by atoms with Crippen LogP contribution in [0.15, 0.2) is 47.6 Å². The van der Waals surface area contributed by atoms with Crippen LogP contribution in [0.1, 0.15) is 0 Å². The minimum absolute atomic E-state index is 0.00246. The van der Waals surface area contributed by atoms with Crippen molar-refractivity contribution < 1.29 is 13.9 Å². The fraction of sp³-hybridized carbons (Fsp3) is 0.125. The van der Waals surface area contributed by atoms with E-state index in [4.69, 9.17) is 16.3 Å². The average Bonchev–Trinajstić information content (AvgIpc) is 3.12. The summed E-state index contributed by atoms with van der Waals surface area (Å²) in [7, 11) is 1.58. The second-order valence-electron chi connectivity index (χ2n) is 5.03. The van der Waals surface area contributed by atoms with Gasteiger partial charge in [-0.1, -0.05) is 23.4 Å². The van der Waals surface area contributed by atoms with Crippen LogP contribution in [0.25, 0.3) is 5.69 Å². The van der Waals surface area contributed by atoms with Gasteiger partial charge in [-0.25, -0.2) is 4.39 Å². The summed E-state index contributed by atoms with van der Waals surface area (Å²) in [5, 5.41) is 14.7. The highest BCUT2D eigenvalue weighted by atomic mass is 35.5. The number of methoxy groups -OCH3 is 1. The van der Waals surface area contributed by atoms with Gasteiger partial charge in [0.15, 0.2) is 0 Å². The molecule has 10 heteroatoms. The lowest BCUT2D eigenvalue weighted by atomic mass is 10.3. The summed E-state index contributed by atoms with van der Waals surface area (Å²) in [5.41, 5.74) is 0.748. The standard InChI is InChI=1S/C16H13ClFN5O2S/c1-25-12-5-3-11(4-6-12)23-16(20-21-22-23)26-9-15(24)19-14-8-10(17)2-7-13(14)18/h2-8H,9H2,1H3,(H,19,24). The number of ether oxygens (including phenoxy) is 1. The quantitative estimate of drug-likeness (QED) is 0.648. The molecule has 134 valence electrons. The summed E-state index contributed by atoms with van der Waals surface area (Å²) in [5.74, 6) is -0.252. The SMILES string of the molecule is COc1ccc(-n2nnnc2SCC(=O)Nc2cc(Cl)ccc2F)cc1. The Balaban J connectivity index is 1.66. The minimum atomic E-state index is -0.559. The van der Waals surface area contributed by atoms with Crippen molar-refractivity contribution in [3.05, 3.63) is 53.3 Å². The second-order valence-corrected chi connectivity index (χ2v) is 6.41. The number of halogens is 2. The lowest BCUT2D eigenvalue weighted by molar-refractivity contribution is -0.113. The lowest BCUT2D eigenvalue weighted by Crippen LogP contribution is -2.15. The number of amides is 1. The zero-order valence-electron chi connectivity index (χ0n) is 13.5. The number of thioether (sulfide) groups is 1. The molecule has 0 saturated heterocycles. The molecular formula is C16H13ClFN5O2S. The van der Waals surface area contributed by atoms with E-state index in [1.807, 2.05) is 0 Å². The van der Waals surface area contributed by atoms with Gasteiger partial charge in [0, 0.05) is 5.02 Å². The molecule has 0 aliphatic rings. The van der Waals surface area contributed by atoms with Crippen LogP contribution in [0.5, 0.6) is 5.75 Å². The Hall–Kier alpha value is -2.65. The Morgan fingerprint density at radius 2 is 2.08 bits per heavy atom. The fourth-order valence-corrected chi connectivity index (χ4v) is 2.93. The highest BCUT2D eigenvalue weighted by molar-refractivity contribution is 7.99. The molecule has 0 atom stereocenters. The average molecular weight is 394 g/mol. The Morgan fingerprint density at radius 3 is 2.81 bits per heavy atom. The number of hydrogen-bond donors (Lipinski definition) is 1. The number of tetrazole rings is 1. The van der Waals surface area contributed by atoms with Crippen LogP contribution in [0, 0.1) is 5.82 Å². The largest absolute Gasteiger partial charge is 0.497 e. The number of nitrogens with zero attached hydrogens (tertiary/aromatic N) is 4. The fourth-order valence-electron chi connectivity index (χ4n) is 2.06. The third-order valence-corrected chi connectivity index (χ3v) is 4.45. The molecule has 0 bridgehead atoms. The van der Waals surface area contributed by atoms with Crippen molar-refractivity contribution in [3.8, 4) is 11.4 Å². The van der Waals surface area contributed by atoms with Crippen molar-refractivity contribution in [1.29, 1.82) is 0 Å². The summed E-state index contributed by atoms with van der Waals surface area (Å²) in [6.07, 6.45) is 0. The number of hydrogen-bond acceptors (Lipinski definition) is 6. The molecule has 3 aromatic rings. The van der Waals surface area contributed by atoms with E-state index in [1.54, 1.807) is 31.4 Å². The smallest absolute Gasteiger partial charge is 0.234 e. The van der Waals surface area contributed by atoms with Gasteiger partial charge in [-0.2, -0.15) is 4.68 Å². The number of anilines is 1. The van der Waals surface area contributed by atoms with Crippen LogP contribution in [0.2, 0.25) is 5.02 Å². The number of carbonyl (C=O) groups is 1. The second kappa shape index (κ2) is 8.15. The Labute approximate surface area is 157 Å². The Morgan fingerprint density at radius 1 is 1.31 bits per heavy atom. The van der Waals surface area contributed by atoms with E-state index >= 15 is 0 Å². The summed E-state index contributed by atoms with van der Waals surface area (Å²) < 4.78 is 20.3. The van der Waals surface area contributed by atoms with E-state index in [-0.39, 0.29) is 11.4 Å². The molecule has 3 rings (SSSR count). The molecule has 7 nitrogen and oxygen atoms in total. The van der Waals surface area contributed by atoms with Gasteiger partial charge in [-0.15, -0.1) is 5.10 Å². The molecular weight excluding hydrogens is 381 g/mol. The predicted octanol–water partition coefficient (Wildman–Crippen LogP) is 3.19. The van der Waals surface area contributed by atoms with E-state index in [2.05, 4.69) is 20.8 Å².